The molecule has 6 nitrogen and oxygen atoms in total. The summed E-state index contributed by atoms with van der Waals surface area (Å²) < 4.78 is 28.0. The Balaban J connectivity index is 1.98. The molecule has 0 atom stereocenters. The van der Waals surface area contributed by atoms with Crippen LogP contribution in [0.4, 0.5) is 0 Å². The van der Waals surface area contributed by atoms with Gasteiger partial charge < -0.3 is 5.32 Å². The first kappa shape index (κ1) is 15.2. The summed E-state index contributed by atoms with van der Waals surface area (Å²) in [5.74, 6) is 0. The van der Waals surface area contributed by atoms with E-state index in [0.717, 1.165) is 32.5 Å². The molecule has 1 N–H and O–H groups in total. The van der Waals surface area contributed by atoms with Crippen molar-refractivity contribution >= 4 is 10.0 Å². The molecule has 1 aliphatic heterocycles. The molecule has 0 fully saturated rings. The first-order valence-electron chi connectivity index (χ1n) is 7.03. The van der Waals surface area contributed by atoms with Crippen molar-refractivity contribution in [2.45, 2.75) is 31.2 Å². The van der Waals surface area contributed by atoms with Crippen LogP contribution in [0.25, 0.3) is 0 Å². The van der Waals surface area contributed by atoms with Crippen LogP contribution in [0.15, 0.2) is 29.4 Å². The fraction of sp³-hybridized carbons (Fsp3) is 0.615. The van der Waals surface area contributed by atoms with Crippen molar-refractivity contribution in [1.82, 2.24) is 19.4 Å². The van der Waals surface area contributed by atoms with E-state index in [1.54, 1.807) is 10.9 Å². The summed E-state index contributed by atoms with van der Waals surface area (Å²) in [4.78, 5) is 0.288. The van der Waals surface area contributed by atoms with Crippen molar-refractivity contribution in [2.24, 2.45) is 0 Å². The van der Waals surface area contributed by atoms with Gasteiger partial charge in [-0.3, -0.25) is 4.68 Å². The van der Waals surface area contributed by atoms with Crippen LogP contribution < -0.4 is 5.32 Å². The molecule has 0 bridgehead atoms. The summed E-state index contributed by atoms with van der Waals surface area (Å²) in [6.07, 6.45) is 8.68. The largest absolute Gasteiger partial charge is 0.317 e. The van der Waals surface area contributed by atoms with Gasteiger partial charge in [0.25, 0.3) is 0 Å². The van der Waals surface area contributed by atoms with Gasteiger partial charge in [0.15, 0.2) is 0 Å². The van der Waals surface area contributed by atoms with Crippen LogP contribution >= 0.6 is 0 Å². The minimum atomic E-state index is -3.39. The molecule has 1 aromatic heterocycles. The smallest absolute Gasteiger partial charge is 0.246 e. The van der Waals surface area contributed by atoms with E-state index in [9.17, 15) is 8.42 Å². The van der Waals surface area contributed by atoms with Gasteiger partial charge in [-0.25, -0.2) is 8.42 Å². The van der Waals surface area contributed by atoms with Crippen LogP contribution in [0.1, 0.15) is 19.8 Å². The second-order valence-electron chi connectivity index (χ2n) is 4.77. The summed E-state index contributed by atoms with van der Waals surface area (Å²) >= 11 is 0. The van der Waals surface area contributed by atoms with Gasteiger partial charge in [0.2, 0.25) is 10.0 Å². The predicted molar refractivity (Wildman–Crippen MR) is 77.9 cm³/mol. The lowest BCUT2D eigenvalue weighted by Crippen LogP contribution is -2.33. The van der Waals surface area contributed by atoms with Crippen LogP contribution in [0, 0.1) is 0 Å². The van der Waals surface area contributed by atoms with Gasteiger partial charge in [0.1, 0.15) is 4.90 Å². The second kappa shape index (κ2) is 7.01. The standard InChI is InChI=1S/C13H22N4O2S/c1-2-14-7-6-8-16-12-13(11-15-16)20(18,19)17-9-4-3-5-10-17/h3-4,11-12,14H,2,5-10H2,1H3. The second-order valence-corrected chi connectivity index (χ2v) is 6.71. The van der Waals surface area contributed by atoms with E-state index in [4.69, 9.17) is 0 Å². The van der Waals surface area contributed by atoms with Crippen LogP contribution in [-0.4, -0.2) is 48.7 Å². The number of hydrogen-bond donors (Lipinski definition) is 1. The maximum Gasteiger partial charge on any atom is 0.246 e. The topological polar surface area (TPSA) is 67.2 Å². The van der Waals surface area contributed by atoms with Crippen LogP contribution in [-0.2, 0) is 16.6 Å². The number of aryl methyl sites for hydroxylation is 1. The summed E-state index contributed by atoms with van der Waals surface area (Å²) in [5, 5.41) is 7.37. The average molecular weight is 298 g/mol. The molecular weight excluding hydrogens is 276 g/mol. The fourth-order valence-corrected chi connectivity index (χ4v) is 3.49. The normalized spacial score (nSPS) is 16.6. The summed E-state index contributed by atoms with van der Waals surface area (Å²) in [5.41, 5.74) is 0. The molecule has 0 spiro atoms. The Hall–Kier alpha value is -1.18. The molecule has 2 heterocycles. The highest BCUT2D eigenvalue weighted by atomic mass is 32.2. The number of aromatic nitrogens is 2. The van der Waals surface area contributed by atoms with Gasteiger partial charge in [0, 0.05) is 25.8 Å². The van der Waals surface area contributed by atoms with E-state index >= 15 is 0 Å². The minimum absolute atomic E-state index is 0.288. The van der Waals surface area contributed by atoms with Crippen molar-refractivity contribution < 1.29 is 8.42 Å². The number of sulfonamides is 1. The molecule has 0 unspecified atom stereocenters. The monoisotopic (exact) mass is 298 g/mol. The average Bonchev–Trinajstić information content (AvgIpc) is 2.94. The highest BCUT2D eigenvalue weighted by molar-refractivity contribution is 7.89. The maximum absolute atomic E-state index is 12.4. The molecule has 20 heavy (non-hydrogen) atoms. The Morgan fingerprint density at radius 2 is 2.25 bits per heavy atom. The third-order valence-corrected chi connectivity index (χ3v) is 5.08. The molecule has 7 heteroatoms. The van der Waals surface area contributed by atoms with Crippen molar-refractivity contribution in [2.75, 3.05) is 26.2 Å². The lowest BCUT2D eigenvalue weighted by atomic mass is 10.3. The minimum Gasteiger partial charge on any atom is -0.317 e. The zero-order chi connectivity index (χ0) is 14.4. The van der Waals surface area contributed by atoms with Crippen LogP contribution in [0.3, 0.4) is 0 Å². The molecule has 0 radical (unpaired) electrons. The lowest BCUT2D eigenvalue weighted by molar-refractivity contribution is 0.437. The van der Waals surface area contributed by atoms with E-state index in [-0.39, 0.29) is 4.90 Å². The van der Waals surface area contributed by atoms with Crippen molar-refractivity contribution in [3.8, 4) is 0 Å². The van der Waals surface area contributed by atoms with Crippen LogP contribution in [0.5, 0.6) is 0 Å². The SMILES string of the molecule is CCNCCCn1cc(S(=O)(=O)N2CC=CCC2)cn1. The van der Waals surface area contributed by atoms with Crippen molar-refractivity contribution in [3.05, 3.63) is 24.5 Å². The Morgan fingerprint density at radius 3 is 2.95 bits per heavy atom. The molecule has 0 saturated carbocycles. The quantitative estimate of drug-likeness (QED) is 0.598. The molecule has 0 amide bonds. The van der Waals surface area contributed by atoms with Crippen molar-refractivity contribution in [1.29, 1.82) is 0 Å². The first-order chi connectivity index (χ1) is 9.64. The third kappa shape index (κ3) is 3.68. The molecule has 2 rings (SSSR count). The highest BCUT2D eigenvalue weighted by Crippen LogP contribution is 2.17. The summed E-state index contributed by atoms with van der Waals surface area (Å²) in [7, 11) is -3.39. The van der Waals surface area contributed by atoms with Gasteiger partial charge in [-0.1, -0.05) is 19.1 Å². The van der Waals surface area contributed by atoms with E-state index in [2.05, 4.69) is 17.3 Å². The number of hydrogen-bond acceptors (Lipinski definition) is 4. The van der Waals surface area contributed by atoms with Gasteiger partial charge in [-0.2, -0.15) is 9.40 Å². The zero-order valence-electron chi connectivity index (χ0n) is 11.8. The molecular formula is C13H22N4O2S. The summed E-state index contributed by atoms with van der Waals surface area (Å²) in [6, 6.07) is 0. The van der Waals surface area contributed by atoms with Gasteiger partial charge in [-0.15, -0.1) is 0 Å². The maximum atomic E-state index is 12.4. The molecule has 0 aliphatic carbocycles. The first-order valence-corrected chi connectivity index (χ1v) is 8.47. The molecule has 1 aromatic rings. The molecule has 112 valence electrons. The Kier molecular flexibility index (Phi) is 5.33. The zero-order valence-corrected chi connectivity index (χ0v) is 12.6. The molecule has 0 saturated heterocycles. The van der Waals surface area contributed by atoms with Gasteiger partial charge >= 0.3 is 0 Å². The fourth-order valence-electron chi connectivity index (χ4n) is 2.13. The Bertz CT molecular complexity index is 550. The summed E-state index contributed by atoms with van der Waals surface area (Å²) in [6.45, 7) is 5.64. The van der Waals surface area contributed by atoms with Gasteiger partial charge in [0.05, 0.1) is 6.20 Å². The predicted octanol–water partition coefficient (Wildman–Crippen LogP) is 0.833. The highest BCUT2D eigenvalue weighted by Gasteiger charge is 2.25. The molecule has 1 aliphatic rings. The number of rotatable bonds is 7. The van der Waals surface area contributed by atoms with Gasteiger partial charge in [-0.05, 0) is 25.9 Å². The van der Waals surface area contributed by atoms with E-state index in [1.165, 1.54) is 10.5 Å². The Morgan fingerprint density at radius 1 is 1.40 bits per heavy atom. The van der Waals surface area contributed by atoms with Crippen molar-refractivity contribution in [3.63, 3.8) is 0 Å². The van der Waals surface area contributed by atoms with Crippen LogP contribution in [0.2, 0.25) is 0 Å². The number of nitrogens with zero attached hydrogens (tertiary/aromatic N) is 3. The lowest BCUT2D eigenvalue weighted by Gasteiger charge is -2.21. The Labute approximate surface area is 120 Å². The molecule has 0 aromatic carbocycles. The third-order valence-electron chi connectivity index (χ3n) is 3.26. The number of nitrogens with one attached hydrogen (secondary N) is 1. The van der Waals surface area contributed by atoms with E-state index < -0.39 is 10.0 Å². The van der Waals surface area contributed by atoms with E-state index in [1.807, 2.05) is 12.2 Å². The van der Waals surface area contributed by atoms with E-state index in [0.29, 0.717) is 13.1 Å².